The zero-order valence-electron chi connectivity index (χ0n) is 10.1. The zero-order valence-corrected chi connectivity index (χ0v) is 10.1. The second-order valence-electron chi connectivity index (χ2n) is 4.34. The summed E-state index contributed by atoms with van der Waals surface area (Å²) in [5, 5.41) is 0. The number of carbonyl (C=O) groups is 1. The van der Waals surface area contributed by atoms with E-state index in [9.17, 15) is 9.18 Å². The van der Waals surface area contributed by atoms with E-state index >= 15 is 0 Å². The highest BCUT2D eigenvalue weighted by molar-refractivity contribution is 6.22. The van der Waals surface area contributed by atoms with Gasteiger partial charge in [-0.2, -0.15) is 0 Å². The van der Waals surface area contributed by atoms with Gasteiger partial charge in [-0.15, -0.1) is 0 Å². The van der Waals surface area contributed by atoms with Gasteiger partial charge in [-0.25, -0.2) is 4.39 Å². The number of halogens is 1. The van der Waals surface area contributed by atoms with Crippen LogP contribution in [0.4, 0.5) is 15.8 Å². The Labute approximate surface area is 109 Å². The molecular formula is C15H11FN2O. The molecule has 0 radical (unpaired) electrons. The first-order chi connectivity index (χ1) is 9.09. The molecule has 94 valence electrons. The van der Waals surface area contributed by atoms with Gasteiger partial charge in [0.2, 0.25) is 0 Å². The molecule has 0 unspecified atom stereocenters. The Hall–Kier alpha value is -2.62. The Balaban J connectivity index is 2.17. The maximum Gasteiger partial charge on any atom is 0.263 e. The van der Waals surface area contributed by atoms with E-state index in [4.69, 9.17) is 5.73 Å². The number of carbonyl (C=O) groups excluding carboxylic acids is 1. The number of rotatable bonds is 1. The zero-order chi connectivity index (χ0) is 13.6. The Bertz CT molecular complexity index is 674. The Morgan fingerprint density at radius 3 is 2.47 bits per heavy atom. The van der Waals surface area contributed by atoms with Crippen molar-refractivity contribution in [1.82, 2.24) is 0 Å². The monoisotopic (exact) mass is 254 g/mol. The lowest BCUT2D eigenvalue weighted by Crippen LogP contribution is -2.23. The van der Waals surface area contributed by atoms with Gasteiger partial charge in [-0.1, -0.05) is 24.8 Å². The second kappa shape index (κ2) is 3.95. The van der Waals surface area contributed by atoms with E-state index < -0.39 is 5.82 Å². The average molecular weight is 254 g/mol. The van der Waals surface area contributed by atoms with Gasteiger partial charge < -0.3 is 5.73 Å². The number of nitrogen functional groups attached to an aromatic ring is 1. The molecule has 0 spiro atoms. The summed E-state index contributed by atoms with van der Waals surface area (Å²) in [5.74, 6) is -0.682. The molecule has 0 saturated carbocycles. The predicted octanol–water partition coefficient (Wildman–Crippen LogP) is 3.04. The minimum atomic E-state index is -0.444. The molecule has 19 heavy (non-hydrogen) atoms. The standard InChI is InChI=1S/C15H11FN2O/c1-9-11-4-2-3-5-12(11)15(19)18(9)14-8-10(16)6-7-13(14)17/h2-8H,1,17H2. The van der Waals surface area contributed by atoms with E-state index in [0.717, 1.165) is 5.56 Å². The molecular weight excluding hydrogens is 243 g/mol. The van der Waals surface area contributed by atoms with Gasteiger partial charge in [0.15, 0.2) is 0 Å². The number of nitrogens with zero attached hydrogens (tertiary/aromatic N) is 1. The first-order valence-electron chi connectivity index (χ1n) is 5.77. The lowest BCUT2D eigenvalue weighted by atomic mass is 10.1. The van der Waals surface area contributed by atoms with Gasteiger partial charge in [0.1, 0.15) is 5.82 Å². The third-order valence-electron chi connectivity index (χ3n) is 3.17. The summed E-state index contributed by atoms with van der Waals surface area (Å²) in [6.45, 7) is 3.90. The first-order valence-corrected chi connectivity index (χ1v) is 5.77. The summed E-state index contributed by atoms with van der Waals surface area (Å²) >= 11 is 0. The van der Waals surface area contributed by atoms with Gasteiger partial charge in [0, 0.05) is 17.2 Å². The summed E-state index contributed by atoms with van der Waals surface area (Å²) < 4.78 is 13.4. The number of benzene rings is 2. The highest BCUT2D eigenvalue weighted by Gasteiger charge is 2.32. The molecule has 2 aromatic rings. The van der Waals surface area contributed by atoms with Crippen molar-refractivity contribution in [3.63, 3.8) is 0 Å². The van der Waals surface area contributed by atoms with Crippen molar-refractivity contribution in [1.29, 1.82) is 0 Å². The van der Waals surface area contributed by atoms with Crippen molar-refractivity contribution >= 4 is 23.0 Å². The summed E-state index contributed by atoms with van der Waals surface area (Å²) in [6, 6.07) is 11.1. The van der Waals surface area contributed by atoms with Crippen LogP contribution < -0.4 is 10.6 Å². The summed E-state index contributed by atoms with van der Waals surface area (Å²) in [7, 11) is 0. The Morgan fingerprint density at radius 2 is 1.79 bits per heavy atom. The fraction of sp³-hybridized carbons (Fsp3) is 0. The Kier molecular flexibility index (Phi) is 2.38. The molecule has 1 aliphatic rings. The van der Waals surface area contributed by atoms with E-state index in [0.29, 0.717) is 22.6 Å². The van der Waals surface area contributed by atoms with E-state index in [1.807, 2.05) is 12.1 Å². The van der Waals surface area contributed by atoms with E-state index in [2.05, 4.69) is 6.58 Å². The van der Waals surface area contributed by atoms with Crippen LogP contribution in [0, 0.1) is 5.82 Å². The third kappa shape index (κ3) is 1.61. The van der Waals surface area contributed by atoms with Crippen molar-refractivity contribution in [2.75, 3.05) is 10.6 Å². The summed E-state index contributed by atoms with van der Waals surface area (Å²) in [4.78, 5) is 13.7. The lowest BCUT2D eigenvalue weighted by molar-refractivity contribution is 0.101. The quantitative estimate of drug-likeness (QED) is 0.795. The normalized spacial score (nSPS) is 13.8. The molecule has 2 aromatic carbocycles. The predicted molar refractivity (Wildman–Crippen MR) is 73.1 cm³/mol. The van der Waals surface area contributed by atoms with Crippen LogP contribution in [0.25, 0.3) is 5.70 Å². The highest BCUT2D eigenvalue weighted by Crippen LogP contribution is 2.38. The number of hydrogen-bond donors (Lipinski definition) is 1. The summed E-state index contributed by atoms with van der Waals surface area (Å²) in [5.41, 5.74) is 8.30. The van der Waals surface area contributed by atoms with Gasteiger partial charge in [0.25, 0.3) is 5.91 Å². The highest BCUT2D eigenvalue weighted by atomic mass is 19.1. The summed E-state index contributed by atoms with van der Waals surface area (Å²) in [6.07, 6.45) is 0. The largest absolute Gasteiger partial charge is 0.397 e. The molecule has 0 saturated heterocycles. The van der Waals surface area contributed by atoms with Crippen molar-refractivity contribution in [3.05, 3.63) is 66.0 Å². The number of anilines is 2. The molecule has 2 N–H and O–H groups in total. The maximum atomic E-state index is 13.4. The smallest absolute Gasteiger partial charge is 0.263 e. The van der Waals surface area contributed by atoms with Crippen LogP contribution in [-0.2, 0) is 0 Å². The third-order valence-corrected chi connectivity index (χ3v) is 3.17. The van der Waals surface area contributed by atoms with Gasteiger partial charge >= 0.3 is 0 Å². The Morgan fingerprint density at radius 1 is 1.11 bits per heavy atom. The molecule has 0 fully saturated rings. The number of amides is 1. The van der Waals surface area contributed by atoms with E-state index in [-0.39, 0.29) is 5.91 Å². The molecule has 3 rings (SSSR count). The van der Waals surface area contributed by atoms with Crippen LogP contribution in [-0.4, -0.2) is 5.91 Å². The maximum absolute atomic E-state index is 13.4. The fourth-order valence-corrected chi connectivity index (χ4v) is 2.25. The number of fused-ring (bicyclic) bond motifs is 1. The van der Waals surface area contributed by atoms with Crippen LogP contribution in [0.5, 0.6) is 0 Å². The van der Waals surface area contributed by atoms with Crippen molar-refractivity contribution in [2.45, 2.75) is 0 Å². The molecule has 0 bridgehead atoms. The molecule has 0 aromatic heterocycles. The van der Waals surface area contributed by atoms with E-state index in [1.54, 1.807) is 12.1 Å². The number of hydrogen-bond acceptors (Lipinski definition) is 2. The molecule has 0 atom stereocenters. The van der Waals surface area contributed by atoms with Crippen molar-refractivity contribution < 1.29 is 9.18 Å². The average Bonchev–Trinajstić information content (AvgIpc) is 2.66. The molecule has 1 amide bonds. The van der Waals surface area contributed by atoms with Crippen LogP contribution in [0.3, 0.4) is 0 Å². The topological polar surface area (TPSA) is 46.3 Å². The van der Waals surface area contributed by atoms with Crippen LogP contribution in [0.15, 0.2) is 49.0 Å². The molecule has 1 aliphatic heterocycles. The first kappa shape index (κ1) is 11.5. The molecule has 3 nitrogen and oxygen atoms in total. The lowest BCUT2D eigenvalue weighted by Gasteiger charge is -2.19. The van der Waals surface area contributed by atoms with Gasteiger partial charge in [0.05, 0.1) is 17.1 Å². The SMILES string of the molecule is C=C1c2ccccc2C(=O)N1c1cc(F)ccc1N. The van der Waals surface area contributed by atoms with Gasteiger partial charge in [-0.3, -0.25) is 9.69 Å². The van der Waals surface area contributed by atoms with Crippen molar-refractivity contribution in [3.8, 4) is 0 Å². The van der Waals surface area contributed by atoms with Gasteiger partial charge in [-0.05, 0) is 18.2 Å². The fourth-order valence-electron chi connectivity index (χ4n) is 2.25. The minimum absolute atomic E-state index is 0.238. The van der Waals surface area contributed by atoms with Crippen LogP contribution >= 0.6 is 0 Å². The van der Waals surface area contributed by atoms with Crippen LogP contribution in [0.2, 0.25) is 0 Å². The van der Waals surface area contributed by atoms with Crippen molar-refractivity contribution in [2.24, 2.45) is 0 Å². The van der Waals surface area contributed by atoms with Crippen LogP contribution in [0.1, 0.15) is 15.9 Å². The molecule has 4 heteroatoms. The minimum Gasteiger partial charge on any atom is -0.397 e. The molecule has 0 aliphatic carbocycles. The molecule has 1 heterocycles. The number of nitrogens with two attached hydrogens (primary N) is 1. The second-order valence-corrected chi connectivity index (χ2v) is 4.34. The van der Waals surface area contributed by atoms with E-state index in [1.165, 1.54) is 23.1 Å².